The zero-order chi connectivity index (χ0) is 14.8. The maximum absolute atomic E-state index is 6.43. The van der Waals surface area contributed by atoms with Gasteiger partial charge in [0.15, 0.2) is 5.82 Å². The van der Waals surface area contributed by atoms with Crippen molar-refractivity contribution in [1.82, 2.24) is 9.55 Å². The van der Waals surface area contributed by atoms with Gasteiger partial charge in [-0.15, -0.1) is 22.7 Å². The number of nitrogens with two attached hydrogens (primary N) is 1. The molecule has 0 saturated heterocycles. The fraction of sp³-hybridized carbons (Fsp3) is 0.312. The second-order valence-corrected chi connectivity index (χ2v) is 7.37. The number of rotatable bonds is 5. The number of hydrogen-bond donors (Lipinski definition) is 1. The number of aromatic nitrogens is 2. The summed E-state index contributed by atoms with van der Waals surface area (Å²) in [7, 11) is 0. The molecule has 0 aliphatic heterocycles. The lowest BCUT2D eigenvalue weighted by Gasteiger charge is -2.25. The lowest BCUT2D eigenvalue weighted by molar-refractivity contribution is 0.468. The molecule has 21 heavy (non-hydrogen) atoms. The predicted octanol–water partition coefficient (Wildman–Crippen LogP) is 4.31. The molecule has 5 heteroatoms. The summed E-state index contributed by atoms with van der Waals surface area (Å²) in [6.07, 6.45) is 4.85. The van der Waals surface area contributed by atoms with Crippen LogP contribution in [0.1, 0.15) is 29.1 Å². The molecule has 0 aliphatic rings. The Bertz CT molecular complexity index is 697. The Kier molecular flexibility index (Phi) is 4.24. The molecule has 0 aromatic carbocycles. The fourth-order valence-electron chi connectivity index (χ4n) is 2.52. The van der Waals surface area contributed by atoms with Crippen molar-refractivity contribution in [3.05, 3.63) is 51.8 Å². The van der Waals surface area contributed by atoms with E-state index in [1.165, 1.54) is 14.6 Å². The Morgan fingerprint density at radius 2 is 2.19 bits per heavy atom. The number of hydrogen-bond acceptors (Lipinski definition) is 4. The van der Waals surface area contributed by atoms with E-state index in [2.05, 4.69) is 53.0 Å². The Morgan fingerprint density at radius 1 is 1.33 bits per heavy atom. The first-order valence-corrected chi connectivity index (χ1v) is 8.79. The monoisotopic (exact) mass is 317 g/mol. The summed E-state index contributed by atoms with van der Waals surface area (Å²) in [5, 5.41) is 2.08. The quantitative estimate of drug-likeness (QED) is 0.762. The van der Waals surface area contributed by atoms with Gasteiger partial charge in [0.25, 0.3) is 0 Å². The first-order valence-electron chi connectivity index (χ1n) is 7.09. The Hall–Kier alpha value is -1.43. The topological polar surface area (TPSA) is 43.8 Å². The second kappa shape index (κ2) is 6.13. The van der Waals surface area contributed by atoms with Gasteiger partial charge in [-0.3, -0.25) is 0 Å². The van der Waals surface area contributed by atoms with Gasteiger partial charge in [0.05, 0.1) is 10.9 Å². The van der Waals surface area contributed by atoms with Crippen molar-refractivity contribution in [2.45, 2.75) is 32.4 Å². The molecule has 3 aromatic rings. The molecule has 110 valence electrons. The molecule has 3 heterocycles. The normalized spacial score (nSPS) is 14.2. The summed E-state index contributed by atoms with van der Waals surface area (Å²) in [6, 6.07) is 8.75. The average Bonchev–Trinajstić information content (AvgIpc) is 3.19. The van der Waals surface area contributed by atoms with Crippen molar-refractivity contribution in [2.24, 2.45) is 5.73 Å². The van der Waals surface area contributed by atoms with Crippen molar-refractivity contribution in [3.8, 4) is 10.7 Å². The Labute approximate surface area is 133 Å². The molecule has 3 rings (SSSR count). The number of imidazole rings is 1. The van der Waals surface area contributed by atoms with Gasteiger partial charge in [-0.1, -0.05) is 13.0 Å². The van der Waals surface area contributed by atoms with Gasteiger partial charge in [-0.25, -0.2) is 4.98 Å². The van der Waals surface area contributed by atoms with Crippen molar-refractivity contribution in [1.29, 1.82) is 0 Å². The van der Waals surface area contributed by atoms with Crippen LogP contribution in [0.5, 0.6) is 0 Å². The van der Waals surface area contributed by atoms with E-state index in [9.17, 15) is 0 Å². The SMILES string of the molecule is CCC(N)C(c1ccc(C)s1)n1ccnc1-c1cccs1. The summed E-state index contributed by atoms with van der Waals surface area (Å²) < 4.78 is 2.23. The third-order valence-corrected chi connectivity index (χ3v) is 5.58. The summed E-state index contributed by atoms with van der Waals surface area (Å²) in [4.78, 5) is 8.35. The van der Waals surface area contributed by atoms with Gasteiger partial charge < -0.3 is 10.3 Å². The van der Waals surface area contributed by atoms with Crippen LogP contribution in [-0.2, 0) is 0 Å². The Morgan fingerprint density at radius 3 is 2.81 bits per heavy atom. The highest BCUT2D eigenvalue weighted by Gasteiger charge is 2.24. The zero-order valence-electron chi connectivity index (χ0n) is 12.2. The van der Waals surface area contributed by atoms with E-state index in [-0.39, 0.29) is 12.1 Å². The van der Waals surface area contributed by atoms with Crippen LogP contribution in [0.4, 0.5) is 0 Å². The number of thiophene rings is 2. The molecular weight excluding hydrogens is 298 g/mol. The molecule has 2 N–H and O–H groups in total. The molecule has 0 aliphatic carbocycles. The van der Waals surface area contributed by atoms with Crippen LogP contribution in [0.25, 0.3) is 10.7 Å². The highest BCUT2D eigenvalue weighted by molar-refractivity contribution is 7.13. The predicted molar refractivity (Wildman–Crippen MR) is 91.0 cm³/mol. The third kappa shape index (κ3) is 2.81. The molecule has 3 nitrogen and oxygen atoms in total. The van der Waals surface area contributed by atoms with E-state index in [1.54, 1.807) is 11.3 Å². The van der Waals surface area contributed by atoms with Crippen molar-refractivity contribution < 1.29 is 0 Å². The summed E-state index contributed by atoms with van der Waals surface area (Å²) in [5.74, 6) is 1.00. The van der Waals surface area contributed by atoms with Crippen LogP contribution in [0.15, 0.2) is 42.0 Å². The molecule has 0 amide bonds. The van der Waals surface area contributed by atoms with Gasteiger partial charge in [0.2, 0.25) is 0 Å². The highest BCUT2D eigenvalue weighted by Crippen LogP contribution is 2.33. The van der Waals surface area contributed by atoms with Gasteiger partial charge >= 0.3 is 0 Å². The molecule has 0 bridgehead atoms. The molecule has 0 radical (unpaired) electrons. The van der Waals surface area contributed by atoms with Crippen LogP contribution in [0.3, 0.4) is 0 Å². The fourth-order valence-corrected chi connectivity index (χ4v) is 4.30. The van der Waals surface area contributed by atoms with E-state index < -0.39 is 0 Å². The number of nitrogens with zero attached hydrogens (tertiary/aromatic N) is 2. The minimum absolute atomic E-state index is 0.0796. The van der Waals surface area contributed by atoms with Crippen molar-refractivity contribution >= 4 is 22.7 Å². The first-order chi connectivity index (χ1) is 10.2. The maximum Gasteiger partial charge on any atom is 0.150 e. The molecule has 2 unspecified atom stereocenters. The first kappa shape index (κ1) is 14.5. The van der Waals surface area contributed by atoms with Gasteiger partial charge in [-0.2, -0.15) is 0 Å². The maximum atomic E-state index is 6.43. The minimum Gasteiger partial charge on any atom is -0.326 e. The minimum atomic E-state index is 0.0796. The largest absolute Gasteiger partial charge is 0.326 e. The summed E-state index contributed by atoms with van der Waals surface area (Å²) in [5.41, 5.74) is 6.43. The molecule has 0 spiro atoms. The molecular formula is C16H19N3S2. The van der Waals surface area contributed by atoms with Crippen LogP contribution in [0.2, 0.25) is 0 Å². The van der Waals surface area contributed by atoms with Gasteiger partial charge in [0, 0.05) is 28.2 Å². The highest BCUT2D eigenvalue weighted by atomic mass is 32.1. The van der Waals surface area contributed by atoms with Gasteiger partial charge in [0.1, 0.15) is 0 Å². The standard InChI is InChI=1S/C16H19N3S2/c1-3-12(17)15(13-7-6-11(2)21-13)19-9-8-18-16(19)14-5-4-10-20-14/h4-10,12,15H,3,17H2,1-2H3. The van der Waals surface area contributed by atoms with E-state index in [4.69, 9.17) is 5.73 Å². The van der Waals surface area contributed by atoms with Gasteiger partial charge in [-0.05, 0) is 36.9 Å². The third-order valence-electron chi connectivity index (χ3n) is 3.64. The Balaban J connectivity index is 2.08. The molecule has 0 saturated carbocycles. The van der Waals surface area contributed by atoms with Crippen molar-refractivity contribution in [3.63, 3.8) is 0 Å². The molecule has 0 fully saturated rings. The smallest absolute Gasteiger partial charge is 0.150 e. The second-order valence-electron chi connectivity index (χ2n) is 5.10. The summed E-state index contributed by atoms with van der Waals surface area (Å²) in [6.45, 7) is 4.27. The van der Waals surface area contributed by atoms with Crippen LogP contribution in [-0.4, -0.2) is 15.6 Å². The van der Waals surface area contributed by atoms with Crippen LogP contribution in [0, 0.1) is 6.92 Å². The van der Waals surface area contributed by atoms with E-state index >= 15 is 0 Å². The molecule has 2 atom stereocenters. The van der Waals surface area contributed by atoms with Crippen LogP contribution < -0.4 is 5.73 Å². The van der Waals surface area contributed by atoms with Crippen molar-refractivity contribution in [2.75, 3.05) is 0 Å². The van der Waals surface area contributed by atoms with E-state index in [0.717, 1.165) is 12.2 Å². The van der Waals surface area contributed by atoms with E-state index in [1.807, 2.05) is 23.7 Å². The lowest BCUT2D eigenvalue weighted by atomic mass is 10.0. The average molecular weight is 317 g/mol. The zero-order valence-corrected chi connectivity index (χ0v) is 13.8. The number of aryl methyl sites for hydroxylation is 1. The van der Waals surface area contributed by atoms with E-state index in [0.29, 0.717) is 0 Å². The lowest BCUT2D eigenvalue weighted by Crippen LogP contribution is -2.32. The van der Waals surface area contributed by atoms with Crippen LogP contribution >= 0.6 is 22.7 Å². The summed E-state index contributed by atoms with van der Waals surface area (Å²) >= 11 is 3.53. The molecule has 3 aromatic heterocycles.